The summed E-state index contributed by atoms with van der Waals surface area (Å²) < 4.78 is 5.34. The predicted molar refractivity (Wildman–Crippen MR) is 87.1 cm³/mol. The second-order valence-corrected chi connectivity index (χ2v) is 6.33. The maximum absolute atomic E-state index is 5.34. The number of hydrogen-bond acceptors (Lipinski definition) is 5. The Labute approximate surface area is 134 Å². The Bertz CT molecular complexity index is 775. The van der Waals surface area contributed by atoms with Crippen molar-refractivity contribution in [2.45, 2.75) is 38.6 Å². The molecule has 1 aromatic carbocycles. The van der Waals surface area contributed by atoms with Crippen molar-refractivity contribution in [2.24, 2.45) is 0 Å². The number of aromatic nitrogens is 4. The molecule has 2 atom stereocenters. The average Bonchev–Trinajstić information content (AvgIpc) is 3.20. The molecule has 1 fully saturated rings. The molecule has 1 aliphatic rings. The van der Waals surface area contributed by atoms with Gasteiger partial charge in [0.2, 0.25) is 5.89 Å². The number of imidazole rings is 1. The van der Waals surface area contributed by atoms with Crippen LogP contribution in [-0.2, 0) is 0 Å². The van der Waals surface area contributed by atoms with E-state index in [9.17, 15) is 0 Å². The highest BCUT2D eigenvalue weighted by atomic mass is 16.5. The SMILES string of the molecule is Cc1noc([C@@H](C)N2CCC[C@H](c3nc4ccccc4[nH]3)C2)n1. The van der Waals surface area contributed by atoms with Gasteiger partial charge in [0.15, 0.2) is 5.82 Å². The van der Waals surface area contributed by atoms with Crippen LogP contribution in [-0.4, -0.2) is 38.1 Å². The minimum atomic E-state index is 0.142. The van der Waals surface area contributed by atoms with Gasteiger partial charge in [0.1, 0.15) is 5.82 Å². The van der Waals surface area contributed by atoms with E-state index in [1.807, 2.05) is 19.1 Å². The van der Waals surface area contributed by atoms with Crippen molar-refractivity contribution in [2.75, 3.05) is 13.1 Å². The van der Waals surface area contributed by atoms with E-state index in [2.05, 4.69) is 39.1 Å². The molecule has 23 heavy (non-hydrogen) atoms. The Hall–Kier alpha value is -2.21. The summed E-state index contributed by atoms with van der Waals surface area (Å²) in [5, 5.41) is 3.91. The van der Waals surface area contributed by atoms with Gasteiger partial charge in [0, 0.05) is 12.5 Å². The first-order valence-electron chi connectivity index (χ1n) is 8.19. The fourth-order valence-electron chi connectivity index (χ4n) is 3.39. The van der Waals surface area contributed by atoms with Gasteiger partial charge in [-0.1, -0.05) is 17.3 Å². The average molecular weight is 311 g/mol. The van der Waals surface area contributed by atoms with Crippen LogP contribution in [0.3, 0.4) is 0 Å². The van der Waals surface area contributed by atoms with Gasteiger partial charge in [-0.3, -0.25) is 4.90 Å². The molecule has 0 unspecified atom stereocenters. The zero-order valence-electron chi connectivity index (χ0n) is 13.5. The number of para-hydroxylation sites is 2. The summed E-state index contributed by atoms with van der Waals surface area (Å²) in [4.78, 5) is 15.0. The van der Waals surface area contributed by atoms with Crippen LogP contribution in [0, 0.1) is 6.92 Å². The number of piperidine rings is 1. The quantitative estimate of drug-likeness (QED) is 0.804. The zero-order valence-corrected chi connectivity index (χ0v) is 13.5. The van der Waals surface area contributed by atoms with Crippen molar-refractivity contribution >= 4 is 11.0 Å². The molecule has 0 radical (unpaired) electrons. The standard InChI is InChI=1S/C17H21N5O/c1-11(17-18-12(2)21-23-17)22-9-5-6-13(10-22)16-19-14-7-3-4-8-15(14)20-16/h3-4,7-8,11,13H,5-6,9-10H2,1-2H3,(H,19,20)/t11-,13+/m1/s1. The highest BCUT2D eigenvalue weighted by molar-refractivity contribution is 5.74. The lowest BCUT2D eigenvalue weighted by molar-refractivity contribution is 0.131. The van der Waals surface area contributed by atoms with Crippen molar-refractivity contribution < 1.29 is 4.52 Å². The third-order valence-corrected chi connectivity index (χ3v) is 4.70. The van der Waals surface area contributed by atoms with Gasteiger partial charge in [0.05, 0.1) is 17.1 Å². The Morgan fingerprint density at radius 3 is 2.96 bits per heavy atom. The van der Waals surface area contributed by atoms with Crippen molar-refractivity contribution in [3.63, 3.8) is 0 Å². The number of likely N-dealkylation sites (tertiary alicyclic amines) is 1. The van der Waals surface area contributed by atoms with Gasteiger partial charge >= 0.3 is 0 Å². The van der Waals surface area contributed by atoms with Gasteiger partial charge in [-0.05, 0) is 45.4 Å². The minimum Gasteiger partial charge on any atom is -0.342 e. The molecule has 3 heterocycles. The summed E-state index contributed by atoms with van der Waals surface area (Å²) in [5.74, 6) is 2.90. The van der Waals surface area contributed by atoms with E-state index in [1.54, 1.807) is 0 Å². The predicted octanol–water partition coefficient (Wildman–Crippen LogP) is 3.19. The molecule has 1 N–H and O–H groups in total. The van der Waals surface area contributed by atoms with Gasteiger partial charge in [-0.25, -0.2) is 4.98 Å². The fraction of sp³-hybridized carbons (Fsp3) is 0.471. The van der Waals surface area contributed by atoms with Crippen LogP contribution in [0.4, 0.5) is 0 Å². The van der Waals surface area contributed by atoms with Crippen LogP contribution in [0.5, 0.6) is 0 Å². The lowest BCUT2D eigenvalue weighted by atomic mass is 9.96. The highest BCUT2D eigenvalue weighted by Gasteiger charge is 2.29. The molecule has 0 bridgehead atoms. The highest BCUT2D eigenvalue weighted by Crippen LogP contribution is 2.31. The Kier molecular flexibility index (Phi) is 3.61. The third kappa shape index (κ3) is 2.74. The van der Waals surface area contributed by atoms with Crippen LogP contribution >= 0.6 is 0 Å². The number of nitrogens with zero attached hydrogens (tertiary/aromatic N) is 4. The molecule has 6 heteroatoms. The van der Waals surface area contributed by atoms with Crippen molar-refractivity contribution in [3.05, 3.63) is 41.8 Å². The molecular weight excluding hydrogens is 290 g/mol. The van der Waals surface area contributed by atoms with E-state index in [-0.39, 0.29) is 6.04 Å². The van der Waals surface area contributed by atoms with Gasteiger partial charge in [-0.2, -0.15) is 4.98 Å². The summed E-state index contributed by atoms with van der Waals surface area (Å²) in [6.45, 7) is 6.00. The second kappa shape index (κ2) is 5.77. The first-order chi connectivity index (χ1) is 11.2. The van der Waals surface area contributed by atoms with E-state index in [4.69, 9.17) is 9.51 Å². The smallest absolute Gasteiger partial charge is 0.243 e. The number of hydrogen-bond donors (Lipinski definition) is 1. The number of rotatable bonds is 3. The molecule has 2 aromatic heterocycles. The van der Waals surface area contributed by atoms with E-state index >= 15 is 0 Å². The lowest BCUT2D eigenvalue weighted by Gasteiger charge is -2.34. The minimum absolute atomic E-state index is 0.142. The van der Waals surface area contributed by atoms with Gasteiger partial charge in [-0.15, -0.1) is 0 Å². The van der Waals surface area contributed by atoms with Crippen molar-refractivity contribution in [1.29, 1.82) is 0 Å². The van der Waals surface area contributed by atoms with E-state index in [1.165, 1.54) is 0 Å². The topological polar surface area (TPSA) is 70.8 Å². The number of aromatic amines is 1. The largest absolute Gasteiger partial charge is 0.342 e. The number of fused-ring (bicyclic) bond motifs is 1. The second-order valence-electron chi connectivity index (χ2n) is 6.33. The maximum atomic E-state index is 5.34. The van der Waals surface area contributed by atoms with Crippen LogP contribution in [0.25, 0.3) is 11.0 Å². The molecule has 0 amide bonds. The fourth-order valence-corrected chi connectivity index (χ4v) is 3.39. The molecular formula is C17H21N5O. The van der Waals surface area contributed by atoms with Crippen molar-refractivity contribution in [3.8, 4) is 0 Å². The summed E-state index contributed by atoms with van der Waals surface area (Å²) in [5.41, 5.74) is 2.15. The maximum Gasteiger partial charge on any atom is 0.243 e. The molecule has 4 rings (SSSR count). The summed E-state index contributed by atoms with van der Waals surface area (Å²) in [7, 11) is 0. The van der Waals surface area contributed by atoms with Crippen LogP contribution in [0.2, 0.25) is 0 Å². The number of aryl methyl sites for hydroxylation is 1. The van der Waals surface area contributed by atoms with E-state index < -0.39 is 0 Å². The Morgan fingerprint density at radius 2 is 2.17 bits per heavy atom. The van der Waals surface area contributed by atoms with Crippen LogP contribution < -0.4 is 0 Å². The zero-order chi connectivity index (χ0) is 15.8. The number of H-pyrrole nitrogens is 1. The molecule has 3 aromatic rings. The Balaban J connectivity index is 1.54. The van der Waals surface area contributed by atoms with E-state index in [0.717, 1.165) is 42.8 Å². The monoisotopic (exact) mass is 311 g/mol. The molecule has 120 valence electrons. The first-order valence-corrected chi connectivity index (χ1v) is 8.19. The summed E-state index contributed by atoms with van der Waals surface area (Å²) in [6.07, 6.45) is 2.31. The first kappa shape index (κ1) is 14.4. The molecule has 0 aliphatic carbocycles. The van der Waals surface area contributed by atoms with Crippen molar-refractivity contribution in [1.82, 2.24) is 25.0 Å². The third-order valence-electron chi connectivity index (χ3n) is 4.70. The number of nitrogens with one attached hydrogen (secondary N) is 1. The Morgan fingerprint density at radius 1 is 1.30 bits per heavy atom. The van der Waals surface area contributed by atoms with Gasteiger partial charge < -0.3 is 9.51 Å². The molecule has 1 saturated heterocycles. The summed E-state index contributed by atoms with van der Waals surface area (Å²) >= 11 is 0. The molecule has 0 saturated carbocycles. The number of benzene rings is 1. The molecule has 6 nitrogen and oxygen atoms in total. The van der Waals surface area contributed by atoms with E-state index in [0.29, 0.717) is 17.6 Å². The van der Waals surface area contributed by atoms with Crippen LogP contribution in [0.15, 0.2) is 28.8 Å². The molecule has 0 spiro atoms. The van der Waals surface area contributed by atoms with Gasteiger partial charge in [0.25, 0.3) is 0 Å². The molecule has 1 aliphatic heterocycles. The van der Waals surface area contributed by atoms with Crippen LogP contribution in [0.1, 0.15) is 49.3 Å². The lowest BCUT2D eigenvalue weighted by Crippen LogP contribution is -2.36. The summed E-state index contributed by atoms with van der Waals surface area (Å²) in [6, 6.07) is 8.34. The normalized spacial score (nSPS) is 20.9.